The van der Waals surface area contributed by atoms with Crippen molar-refractivity contribution in [2.24, 2.45) is 11.3 Å². The second-order valence-corrected chi connectivity index (χ2v) is 5.08. The molecule has 0 aromatic rings. The van der Waals surface area contributed by atoms with Crippen LogP contribution in [0.3, 0.4) is 0 Å². The van der Waals surface area contributed by atoms with Crippen LogP contribution in [0.2, 0.25) is 0 Å². The fraction of sp³-hybridized carbons (Fsp3) is 0.917. The number of rotatable bonds is 2. The Kier molecular flexibility index (Phi) is 3.50. The first kappa shape index (κ1) is 11.9. The molecule has 0 amide bonds. The third kappa shape index (κ3) is 2.09. The van der Waals surface area contributed by atoms with Crippen LogP contribution in [-0.2, 0) is 9.53 Å². The maximum atomic E-state index is 11.6. The lowest BCUT2D eigenvalue weighted by Gasteiger charge is -2.42. The summed E-state index contributed by atoms with van der Waals surface area (Å²) in [7, 11) is 0. The molecule has 1 heterocycles. The van der Waals surface area contributed by atoms with Gasteiger partial charge in [0.25, 0.3) is 0 Å². The fourth-order valence-corrected chi connectivity index (χ4v) is 3.16. The minimum Gasteiger partial charge on any atom is -0.481 e. The zero-order chi connectivity index (χ0) is 11.6. The van der Waals surface area contributed by atoms with E-state index in [0.29, 0.717) is 38.9 Å². The van der Waals surface area contributed by atoms with E-state index in [9.17, 15) is 15.0 Å². The van der Waals surface area contributed by atoms with Gasteiger partial charge >= 0.3 is 5.97 Å². The Balaban J connectivity index is 2.11. The zero-order valence-corrected chi connectivity index (χ0v) is 9.52. The molecule has 2 N–H and O–H groups in total. The average molecular weight is 228 g/mol. The predicted molar refractivity (Wildman–Crippen MR) is 58.1 cm³/mol. The molecule has 2 fully saturated rings. The normalized spacial score (nSPS) is 37.2. The molecular weight excluding hydrogens is 208 g/mol. The molecule has 0 aromatic heterocycles. The molecule has 1 aliphatic carbocycles. The van der Waals surface area contributed by atoms with Crippen LogP contribution in [0.25, 0.3) is 0 Å². The summed E-state index contributed by atoms with van der Waals surface area (Å²) in [6, 6.07) is 0. The monoisotopic (exact) mass is 228 g/mol. The van der Waals surface area contributed by atoms with Gasteiger partial charge in [-0.2, -0.15) is 0 Å². The van der Waals surface area contributed by atoms with Crippen LogP contribution in [0, 0.1) is 11.3 Å². The largest absolute Gasteiger partial charge is 0.481 e. The van der Waals surface area contributed by atoms with E-state index in [2.05, 4.69) is 0 Å². The molecule has 0 bridgehead atoms. The summed E-state index contributed by atoms with van der Waals surface area (Å²) in [6.07, 6.45) is 3.90. The minimum atomic E-state index is -0.675. The number of aliphatic hydroxyl groups is 1. The zero-order valence-electron chi connectivity index (χ0n) is 9.52. The molecule has 0 unspecified atom stereocenters. The lowest BCUT2D eigenvalue weighted by molar-refractivity contribution is -0.160. The highest BCUT2D eigenvalue weighted by molar-refractivity contribution is 5.75. The van der Waals surface area contributed by atoms with Crippen molar-refractivity contribution < 1.29 is 19.7 Å². The molecule has 2 aliphatic rings. The van der Waals surface area contributed by atoms with Crippen molar-refractivity contribution >= 4 is 5.97 Å². The van der Waals surface area contributed by atoms with Crippen molar-refractivity contribution in [1.82, 2.24) is 0 Å². The maximum Gasteiger partial charge on any atom is 0.309 e. The van der Waals surface area contributed by atoms with Crippen molar-refractivity contribution in [3.63, 3.8) is 0 Å². The second-order valence-electron chi connectivity index (χ2n) is 5.08. The van der Waals surface area contributed by atoms with Gasteiger partial charge in [-0.1, -0.05) is 0 Å². The molecule has 4 heteroatoms. The highest BCUT2D eigenvalue weighted by atomic mass is 16.5. The molecule has 0 atom stereocenters. The van der Waals surface area contributed by atoms with Gasteiger partial charge in [-0.05, 0) is 44.4 Å². The minimum absolute atomic E-state index is 0.228. The van der Waals surface area contributed by atoms with E-state index in [1.165, 1.54) is 0 Å². The van der Waals surface area contributed by atoms with Crippen LogP contribution in [0.1, 0.15) is 38.5 Å². The number of aliphatic carboxylic acids is 1. The van der Waals surface area contributed by atoms with Crippen LogP contribution < -0.4 is 0 Å². The molecule has 1 aliphatic heterocycles. The van der Waals surface area contributed by atoms with Crippen molar-refractivity contribution in [2.45, 2.75) is 44.6 Å². The SMILES string of the molecule is O=C(O)C1(C2CCOCC2)CCC(O)CC1. The van der Waals surface area contributed by atoms with E-state index in [1.807, 2.05) is 0 Å². The highest BCUT2D eigenvalue weighted by Gasteiger charge is 2.47. The summed E-state index contributed by atoms with van der Waals surface area (Å²) in [5, 5.41) is 19.0. The first-order chi connectivity index (χ1) is 7.65. The Hall–Kier alpha value is -0.610. The first-order valence-corrected chi connectivity index (χ1v) is 6.14. The van der Waals surface area contributed by atoms with Gasteiger partial charge in [0, 0.05) is 13.2 Å². The number of carboxylic acids is 1. The Morgan fingerprint density at radius 1 is 1.12 bits per heavy atom. The van der Waals surface area contributed by atoms with Gasteiger partial charge in [-0.25, -0.2) is 0 Å². The smallest absolute Gasteiger partial charge is 0.309 e. The van der Waals surface area contributed by atoms with E-state index >= 15 is 0 Å². The molecule has 0 spiro atoms. The van der Waals surface area contributed by atoms with Gasteiger partial charge in [0.15, 0.2) is 0 Å². The van der Waals surface area contributed by atoms with Crippen LogP contribution >= 0.6 is 0 Å². The molecule has 16 heavy (non-hydrogen) atoms. The second kappa shape index (κ2) is 4.72. The Bertz CT molecular complexity index is 250. The van der Waals surface area contributed by atoms with Crippen LogP contribution in [-0.4, -0.2) is 35.5 Å². The fourth-order valence-electron chi connectivity index (χ4n) is 3.16. The van der Waals surface area contributed by atoms with Gasteiger partial charge < -0.3 is 14.9 Å². The molecule has 0 aromatic carbocycles. The Morgan fingerprint density at radius 2 is 1.69 bits per heavy atom. The topological polar surface area (TPSA) is 66.8 Å². The number of carbonyl (C=O) groups is 1. The van der Waals surface area contributed by atoms with Crippen molar-refractivity contribution in [2.75, 3.05) is 13.2 Å². The van der Waals surface area contributed by atoms with E-state index in [0.717, 1.165) is 12.8 Å². The molecular formula is C12H20O4. The Labute approximate surface area is 95.6 Å². The van der Waals surface area contributed by atoms with Gasteiger partial charge in [-0.3, -0.25) is 4.79 Å². The predicted octanol–water partition coefficient (Wildman–Crippen LogP) is 1.42. The molecule has 2 rings (SSSR count). The lowest BCUT2D eigenvalue weighted by Crippen LogP contribution is -2.44. The van der Waals surface area contributed by atoms with E-state index in [4.69, 9.17) is 4.74 Å². The third-order valence-corrected chi connectivity index (χ3v) is 4.28. The van der Waals surface area contributed by atoms with Crippen LogP contribution in [0.15, 0.2) is 0 Å². The molecule has 4 nitrogen and oxygen atoms in total. The number of ether oxygens (including phenoxy) is 1. The lowest BCUT2D eigenvalue weighted by atomic mass is 9.63. The quantitative estimate of drug-likeness (QED) is 0.750. The molecule has 1 saturated heterocycles. The Morgan fingerprint density at radius 3 is 2.19 bits per heavy atom. The summed E-state index contributed by atoms with van der Waals surface area (Å²) >= 11 is 0. The summed E-state index contributed by atoms with van der Waals surface area (Å²) in [4.78, 5) is 11.6. The maximum absolute atomic E-state index is 11.6. The van der Waals surface area contributed by atoms with Gasteiger partial charge in [-0.15, -0.1) is 0 Å². The van der Waals surface area contributed by atoms with Gasteiger partial charge in [0.1, 0.15) is 0 Å². The summed E-state index contributed by atoms with van der Waals surface area (Å²) in [5.74, 6) is -0.447. The van der Waals surface area contributed by atoms with E-state index in [-0.39, 0.29) is 12.0 Å². The number of aliphatic hydroxyl groups excluding tert-OH is 1. The van der Waals surface area contributed by atoms with Crippen molar-refractivity contribution in [1.29, 1.82) is 0 Å². The van der Waals surface area contributed by atoms with Crippen molar-refractivity contribution in [3.05, 3.63) is 0 Å². The molecule has 92 valence electrons. The summed E-state index contributed by atoms with van der Waals surface area (Å²) in [5.41, 5.74) is -0.594. The van der Waals surface area contributed by atoms with Gasteiger partial charge in [0.05, 0.1) is 11.5 Å². The summed E-state index contributed by atoms with van der Waals surface area (Å²) < 4.78 is 5.29. The summed E-state index contributed by atoms with van der Waals surface area (Å²) in [6.45, 7) is 1.37. The standard InChI is InChI=1S/C12H20O4/c13-10-1-5-12(6-2-10,11(14)15)9-3-7-16-8-4-9/h9-10,13H,1-8H2,(H,14,15). The number of carboxylic acid groups (broad SMARTS) is 1. The van der Waals surface area contributed by atoms with E-state index in [1.54, 1.807) is 0 Å². The van der Waals surface area contributed by atoms with Crippen LogP contribution in [0.5, 0.6) is 0 Å². The first-order valence-electron chi connectivity index (χ1n) is 6.14. The highest BCUT2D eigenvalue weighted by Crippen LogP contribution is 2.46. The third-order valence-electron chi connectivity index (χ3n) is 4.28. The average Bonchev–Trinajstić information content (AvgIpc) is 2.31. The van der Waals surface area contributed by atoms with E-state index < -0.39 is 11.4 Å². The van der Waals surface area contributed by atoms with Crippen LogP contribution in [0.4, 0.5) is 0 Å². The number of hydrogen-bond donors (Lipinski definition) is 2. The van der Waals surface area contributed by atoms with Crippen molar-refractivity contribution in [3.8, 4) is 0 Å². The molecule has 1 saturated carbocycles. The number of hydrogen-bond acceptors (Lipinski definition) is 3. The molecule has 0 radical (unpaired) electrons. The van der Waals surface area contributed by atoms with Gasteiger partial charge in [0.2, 0.25) is 0 Å².